The van der Waals surface area contributed by atoms with E-state index in [-0.39, 0.29) is 11.9 Å². The van der Waals surface area contributed by atoms with Gasteiger partial charge in [-0.05, 0) is 46.1 Å². The number of hydrogen-bond donors (Lipinski definition) is 1. The van der Waals surface area contributed by atoms with Crippen LogP contribution in [-0.2, 0) is 4.79 Å². The minimum absolute atomic E-state index is 0.253. The number of amides is 1. The van der Waals surface area contributed by atoms with E-state index in [1.54, 1.807) is 0 Å². The lowest BCUT2D eigenvalue weighted by molar-refractivity contribution is -0.133. The standard InChI is InChI=1S/C15H29N3O/c1-5-18(10-15(19)17(4)11(2)3)14-8-12-6-7-13(9-14)16-12/h11-14,16H,5-10H2,1-4H3. The number of likely N-dealkylation sites (N-methyl/N-ethyl adjacent to an activating group) is 2. The quantitative estimate of drug-likeness (QED) is 0.819. The first-order valence-corrected chi connectivity index (χ1v) is 7.77. The fraction of sp³-hybridized carbons (Fsp3) is 0.933. The van der Waals surface area contributed by atoms with Crippen LogP contribution in [0, 0.1) is 0 Å². The van der Waals surface area contributed by atoms with E-state index in [4.69, 9.17) is 0 Å². The van der Waals surface area contributed by atoms with Crippen LogP contribution in [0.15, 0.2) is 0 Å². The molecule has 1 N–H and O–H groups in total. The molecule has 2 rings (SSSR count). The molecule has 4 heteroatoms. The largest absolute Gasteiger partial charge is 0.342 e. The summed E-state index contributed by atoms with van der Waals surface area (Å²) >= 11 is 0. The molecule has 1 amide bonds. The number of carbonyl (C=O) groups is 1. The summed E-state index contributed by atoms with van der Waals surface area (Å²) in [7, 11) is 1.91. The van der Waals surface area contributed by atoms with Crippen LogP contribution in [0.5, 0.6) is 0 Å². The summed E-state index contributed by atoms with van der Waals surface area (Å²) in [5.41, 5.74) is 0. The number of piperidine rings is 1. The Hall–Kier alpha value is -0.610. The smallest absolute Gasteiger partial charge is 0.236 e. The van der Waals surface area contributed by atoms with Gasteiger partial charge in [0.1, 0.15) is 0 Å². The number of nitrogens with one attached hydrogen (secondary N) is 1. The lowest BCUT2D eigenvalue weighted by Crippen LogP contribution is -2.51. The third-order valence-corrected chi connectivity index (χ3v) is 4.88. The second-order valence-electron chi connectivity index (χ2n) is 6.42. The molecule has 0 spiro atoms. The molecule has 110 valence electrons. The maximum absolute atomic E-state index is 12.2. The van der Waals surface area contributed by atoms with Crippen molar-refractivity contribution in [3.8, 4) is 0 Å². The van der Waals surface area contributed by atoms with E-state index in [0.29, 0.717) is 24.7 Å². The third kappa shape index (κ3) is 3.48. The van der Waals surface area contributed by atoms with Crippen molar-refractivity contribution < 1.29 is 4.79 Å². The maximum Gasteiger partial charge on any atom is 0.236 e. The molecule has 0 aliphatic carbocycles. The Morgan fingerprint density at radius 2 is 1.84 bits per heavy atom. The first-order valence-electron chi connectivity index (χ1n) is 7.77. The van der Waals surface area contributed by atoms with Crippen LogP contribution in [0.4, 0.5) is 0 Å². The van der Waals surface area contributed by atoms with Crippen molar-refractivity contribution in [2.75, 3.05) is 20.1 Å². The Labute approximate surface area is 117 Å². The lowest BCUT2D eigenvalue weighted by Gasteiger charge is -2.37. The highest BCUT2D eigenvalue weighted by molar-refractivity contribution is 5.78. The zero-order valence-corrected chi connectivity index (χ0v) is 12.9. The number of fused-ring (bicyclic) bond motifs is 2. The molecule has 2 aliphatic heterocycles. The van der Waals surface area contributed by atoms with Gasteiger partial charge in [0.2, 0.25) is 5.91 Å². The summed E-state index contributed by atoms with van der Waals surface area (Å²) in [6.45, 7) is 7.86. The Balaban J connectivity index is 1.91. The fourth-order valence-electron chi connectivity index (χ4n) is 3.40. The molecule has 2 heterocycles. The van der Waals surface area contributed by atoms with Crippen LogP contribution in [0.25, 0.3) is 0 Å². The predicted octanol–water partition coefficient (Wildman–Crippen LogP) is 1.46. The molecule has 0 aromatic rings. The summed E-state index contributed by atoms with van der Waals surface area (Å²) in [5.74, 6) is 0.253. The molecule has 0 radical (unpaired) electrons. The third-order valence-electron chi connectivity index (χ3n) is 4.88. The normalized spacial score (nSPS) is 30.1. The molecular weight excluding hydrogens is 238 g/mol. The molecule has 4 nitrogen and oxygen atoms in total. The van der Waals surface area contributed by atoms with Gasteiger partial charge in [0.15, 0.2) is 0 Å². The van der Waals surface area contributed by atoms with Gasteiger partial charge in [-0.25, -0.2) is 0 Å². The minimum atomic E-state index is 0.253. The molecule has 0 aromatic heterocycles. The van der Waals surface area contributed by atoms with Gasteiger partial charge in [-0.1, -0.05) is 6.92 Å². The number of nitrogens with zero attached hydrogens (tertiary/aromatic N) is 2. The van der Waals surface area contributed by atoms with Crippen molar-refractivity contribution >= 4 is 5.91 Å². The summed E-state index contributed by atoms with van der Waals surface area (Å²) in [4.78, 5) is 16.5. The van der Waals surface area contributed by atoms with E-state index in [2.05, 4.69) is 31.0 Å². The molecule has 2 aliphatic rings. The van der Waals surface area contributed by atoms with Crippen LogP contribution >= 0.6 is 0 Å². The van der Waals surface area contributed by atoms with Gasteiger partial charge >= 0.3 is 0 Å². The molecule has 19 heavy (non-hydrogen) atoms. The van der Waals surface area contributed by atoms with Crippen LogP contribution in [0.3, 0.4) is 0 Å². The van der Waals surface area contributed by atoms with E-state index >= 15 is 0 Å². The summed E-state index contributed by atoms with van der Waals surface area (Å²) in [5, 5.41) is 3.67. The van der Waals surface area contributed by atoms with E-state index in [0.717, 1.165) is 6.54 Å². The summed E-state index contributed by atoms with van der Waals surface area (Å²) in [6.07, 6.45) is 5.06. The molecular formula is C15H29N3O. The van der Waals surface area contributed by atoms with Gasteiger partial charge in [0.05, 0.1) is 6.54 Å². The van der Waals surface area contributed by atoms with Crippen LogP contribution in [0.2, 0.25) is 0 Å². The summed E-state index contributed by atoms with van der Waals surface area (Å²) in [6, 6.07) is 2.26. The van der Waals surface area contributed by atoms with E-state index < -0.39 is 0 Å². The highest BCUT2D eigenvalue weighted by Gasteiger charge is 2.36. The summed E-state index contributed by atoms with van der Waals surface area (Å²) < 4.78 is 0. The van der Waals surface area contributed by atoms with Crippen molar-refractivity contribution in [3.63, 3.8) is 0 Å². The molecule has 2 fully saturated rings. The molecule has 2 saturated heterocycles. The Morgan fingerprint density at radius 1 is 1.26 bits per heavy atom. The maximum atomic E-state index is 12.2. The Bertz CT molecular complexity index is 307. The number of hydrogen-bond acceptors (Lipinski definition) is 3. The van der Waals surface area contributed by atoms with Gasteiger partial charge in [-0.3, -0.25) is 9.69 Å². The SMILES string of the molecule is CCN(CC(=O)N(C)C(C)C)C1CC2CCC(C1)N2. The molecule has 0 aromatic carbocycles. The van der Waals surface area contributed by atoms with Crippen molar-refractivity contribution in [1.82, 2.24) is 15.1 Å². The van der Waals surface area contributed by atoms with Gasteiger partial charge in [-0.2, -0.15) is 0 Å². The van der Waals surface area contributed by atoms with Gasteiger partial charge in [-0.15, -0.1) is 0 Å². The Morgan fingerprint density at radius 3 is 2.32 bits per heavy atom. The van der Waals surface area contributed by atoms with Crippen molar-refractivity contribution in [2.45, 2.75) is 70.6 Å². The van der Waals surface area contributed by atoms with Gasteiger partial charge < -0.3 is 10.2 Å². The van der Waals surface area contributed by atoms with Crippen LogP contribution < -0.4 is 5.32 Å². The zero-order chi connectivity index (χ0) is 14.0. The molecule has 2 atom stereocenters. The molecule has 2 unspecified atom stereocenters. The average molecular weight is 267 g/mol. The highest BCUT2D eigenvalue weighted by atomic mass is 16.2. The number of carbonyl (C=O) groups excluding carboxylic acids is 1. The van der Waals surface area contributed by atoms with Crippen LogP contribution in [-0.4, -0.2) is 60.0 Å². The average Bonchev–Trinajstić information content (AvgIpc) is 2.73. The first-order chi connectivity index (χ1) is 9.01. The van der Waals surface area contributed by atoms with E-state index in [9.17, 15) is 4.79 Å². The lowest BCUT2D eigenvalue weighted by atomic mass is 9.98. The first kappa shape index (κ1) is 14.8. The van der Waals surface area contributed by atoms with Crippen molar-refractivity contribution in [1.29, 1.82) is 0 Å². The second kappa shape index (κ2) is 6.23. The predicted molar refractivity (Wildman–Crippen MR) is 78.1 cm³/mol. The zero-order valence-electron chi connectivity index (χ0n) is 12.9. The van der Waals surface area contributed by atoms with Gasteiger partial charge in [0.25, 0.3) is 0 Å². The molecule has 2 bridgehead atoms. The Kier molecular flexibility index (Phi) is 4.85. The van der Waals surface area contributed by atoms with Crippen molar-refractivity contribution in [3.05, 3.63) is 0 Å². The minimum Gasteiger partial charge on any atom is -0.342 e. The highest BCUT2D eigenvalue weighted by Crippen LogP contribution is 2.29. The van der Waals surface area contributed by atoms with E-state index in [1.807, 2.05) is 11.9 Å². The second-order valence-corrected chi connectivity index (χ2v) is 6.42. The topological polar surface area (TPSA) is 35.6 Å². The van der Waals surface area contributed by atoms with Gasteiger partial charge in [0, 0.05) is 31.2 Å². The van der Waals surface area contributed by atoms with Crippen LogP contribution in [0.1, 0.15) is 46.5 Å². The van der Waals surface area contributed by atoms with Crippen molar-refractivity contribution in [2.24, 2.45) is 0 Å². The number of rotatable bonds is 5. The fourth-order valence-corrected chi connectivity index (χ4v) is 3.40. The monoisotopic (exact) mass is 267 g/mol. The van der Waals surface area contributed by atoms with E-state index in [1.165, 1.54) is 25.7 Å². The molecule has 0 saturated carbocycles.